The van der Waals surface area contributed by atoms with Crippen molar-refractivity contribution in [2.75, 3.05) is 0 Å². The Labute approximate surface area is 106 Å². The van der Waals surface area contributed by atoms with Crippen molar-refractivity contribution in [1.29, 1.82) is 5.26 Å². The van der Waals surface area contributed by atoms with Crippen molar-refractivity contribution in [3.05, 3.63) is 58.3 Å². The van der Waals surface area contributed by atoms with E-state index in [1.807, 2.05) is 6.07 Å². The Morgan fingerprint density at radius 1 is 1.12 bits per heavy atom. The van der Waals surface area contributed by atoms with Gasteiger partial charge in [0.05, 0.1) is 16.1 Å². The van der Waals surface area contributed by atoms with E-state index in [4.69, 9.17) is 10.00 Å². The first-order valence-electron chi connectivity index (χ1n) is 4.82. The molecular weight excluding hydrogens is 285 g/mol. The molecule has 0 aliphatic carbocycles. The lowest BCUT2D eigenvalue weighted by molar-refractivity contribution is 0.476. The molecule has 2 nitrogen and oxygen atoms in total. The fraction of sp³-hybridized carbons (Fsp3) is 0. The van der Waals surface area contributed by atoms with Gasteiger partial charge in [-0.05, 0) is 46.3 Å². The Bertz CT molecular complexity index is 592. The van der Waals surface area contributed by atoms with Crippen LogP contribution in [-0.4, -0.2) is 0 Å². The van der Waals surface area contributed by atoms with E-state index < -0.39 is 0 Å². The molecule has 0 amide bonds. The molecule has 17 heavy (non-hydrogen) atoms. The van der Waals surface area contributed by atoms with Gasteiger partial charge in [-0.15, -0.1) is 0 Å². The second-order valence-corrected chi connectivity index (χ2v) is 4.17. The number of halogens is 2. The molecule has 4 heteroatoms. The number of nitriles is 1. The van der Waals surface area contributed by atoms with Gasteiger partial charge >= 0.3 is 0 Å². The fourth-order valence-electron chi connectivity index (χ4n) is 1.31. The molecule has 0 N–H and O–H groups in total. The van der Waals surface area contributed by atoms with Gasteiger partial charge in [0.25, 0.3) is 0 Å². The van der Waals surface area contributed by atoms with Gasteiger partial charge in [0.15, 0.2) is 0 Å². The number of hydrogen-bond donors (Lipinski definition) is 0. The van der Waals surface area contributed by atoms with Gasteiger partial charge in [0.2, 0.25) is 0 Å². The topological polar surface area (TPSA) is 33.0 Å². The third kappa shape index (κ3) is 2.83. The minimum Gasteiger partial charge on any atom is -0.457 e. The highest BCUT2D eigenvalue weighted by atomic mass is 79.9. The normalized spacial score (nSPS) is 9.71. The molecule has 0 unspecified atom stereocenters. The molecule has 0 aliphatic rings. The summed E-state index contributed by atoms with van der Waals surface area (Å²) < 4.78 is 19.1. The van der Waals surface area contributed by atoms with Crippen LogP contribution in [0.1, 0.15) is 5.56 Å². The Kier molecular flexibility index (Phi) is 3.40. The summed E-state index contributed by atoms with van der Waals surface area (Å²) in [7, 11) is 0. The molecule has 0 heterocycles. The van der Waals surface area contributed by atoms with E-state index in [1.165, 1.54) is 6.07 Å². The maximum atomic E-state index is 13.2. The van der Waals surface area contributed by atoms with E-state index in [2.05, 4.69) is 15.9 Å². The van der Waals surface area contributed by atoms with Gasteiger partial charge in [0.1, 0.15) is 17.3 Å². The number of hydrogen-bond acceptors (Lipinski definition) is 2. The quantitative estimate of drug-likeness (QED) is 0.828. The Morgan fingerprint density at radius 3 is 2.59 bits per heavy atom. The Balaban J connectivity index is 2.25. The summed E-state index contributed by atoms with van der Waals surface area (Å²) in [5.41, 5.74) is 0.500. The average molecular weight is 292 g/mol. The molecule has 0 atom stereocenters. The lowest BCUT2D eigenvalue weighted by Gasteiger charge is -2.06. The smallest absolute Gasteiger partial charge is 0.141 e. The molecule has 2 aromatic carbocycles. The minimum atomic E-state index is -0.390. The third-order valence-corrected chi connectivity index (χ3v) is 2.73. The summed E-state index contributed by atoms with van der Waals surface area (Å²) in [6.45, 7) is 0. The molecule has 84 valence electrons. The van der Waals surface area contributed by atoms with Gasteiger partial charge in [-0.1, -0.05) is 6.07 Å². The van der Waals surface area contributed by atoms with Crippen LogP contribution in [0.2, 0.25) is 0 Å². The van der Waals surface area contributed by atoms with Crippen LogP contribution in [0.25, 0.3) is 0 Å². The van der Waals surface area contributed by atoms with E-state index >= 15 is 0 Å². The highest BCUT2D eigenvalue weighted by Crippen LogP contribution is 2.26. The van der Waals surface area contributed by atoms with Gasteiger partial charge in [0, 0.05) is 6.07 Å². The molecule has 0 saturated heterocycles. The van der Waals surface area contributed by atoms with Crippen LogP contribution in [0, 0.1) is 17.1 Å². The summed E-state index contributed by atoms with van der Waals surface area (Å²) in [6, 6.07) is 13.2. The zero-order chi connectivity index (χ0) is 12.3. The van der Waals surface area contributed by atoms with Crippen molar-refractivity contribution in [2.45, 2.75) is 0 Å². The fourth-order valence-corrected chi connectivity index (χ4v) is 1.55. The highest BCUT2D eigenvalue weighted by molar-refractivity contribution is 9.10. The van der Waals surface area contributed by atoms with Crippen molar-refractivity contribution in [3.63, 3.8) is 0 Å². The summed E-state index contributed by atoms with van der Waals surface area (Å²) in [6.07, 6.45) is 0. The lowest BCUT2D eigenvalue weighted by Crippen LogP contribution is -1.86. The molecule has 0 radical (unpaired) electrons. The van der Waals surface area contributed by atoms with E-state index in [-0.39, 0.29) is 5.82 Å². The maximum absolute atomic E-state index is 13.2. The second-order valence-electron chi connectivity index (χ2n) is 3.32. The van der Waals surface area contributed by atoms with Crippen LogP contribution >= 0.6 is 15.9 Å². The van der Waals surface area contributed by atoms with E-state index in [0.717, 1.165) is 0 Å². The van der Waals surface area contributed by atoms with Gasteiger partial charge in [-0.25, -0.2) is 4.39 Å². The SMILES string of the molecule is N#Cc1cccc(Oc2ccc(Br)c(F)c2)c1. The van der Waals surface area contributed by atoms with E-state index in [1.54, 1.807) is 36.4 Å². The van der Waals surface area contributed by atoms with Crippen molar-refractivity contribution in [1.82, 2.24) is 0 Å². The zero-order valence-electron chi connectivity index (χ0n) is 8.65. The van der Waals surface area contributed by atoms with Gasteiger partial charge < -0.3 is 4.74 Å². The first kappa shape index (κ1) is 11.6. The zero-order valence-corrected chi connectivity index (χ0v) is 10.2. The first-order valence-corrected chi connectivity index (χ1v) is 5.61. The van der Waals surface area contributed by atoms with Crippen LogP contribution in [0.3, 0.4) is 0 Å². The number of benzene rings is 2. The van der Waals surface area contributed by atoms with Crippen LogP contribution in [0.15, 0.2) is 46.9 Å². The molecule has 2 aromatic rings. The number of nitrogens with zero attached hydrogens (tertiary/aromatic N) is 1. The molecule has 0 spiro atoms. The molecule has 0 bridgehead atoms. The lowest BCUT2D eigenvalue weighted by atomic mass is 10.2. The predicted molar refractivity (Wildman–Crippen MR) is 65.3 cm³/mol. The minimum absolute atomic E-state index is 0.385. The summed E-state index contributed by atoms with van der Waals surface area (Å²) >= 11 is 3.06. The number of ether oxygens (including phenoxy) is 1. The van der Waals surface area contributed by atoms with Crippen molar-refractivity contribution >= 4 is 15.9 Å². The van der Waals surface area contributed by atoms with Crippen LogP contribution in [0.4, 0.5) is 4.39 Å². The third-order valence-electron chi connectivity index (χ3n) is 2.09. The monoisotopic (exact) mass is 291 g/mol. The van der Waals surface area contributed by atoms with Gasteiger partial charge in [-0.2, -0.15) is 5.26 Å². The Hall–Kier alpha value is -1.86. The van der Waals surface area contributed by atoms with E-state index in [0.29, 0.717) is 21.5 Å². The summed E-state index contributed by atoms with van der Waals surface area (Å²) in [4.78, 5) is 0. The standard InChI is InChI=1S/C13H7BrFNO/c14-12-5-4-11(7-13(12)15)17-10-3-1-2-9(6-10)8-16/h1-7H. The number of rotatable bonds is 2. The van der Waals surface area contributed by atoms with Crippen molar-refractivity contribution in [2.24, 2.45) is 0 Å². The molecule has 0 aliphatic heterocycles. The summed E-state index contributed by atoms with van der Waals surface area (Å²) in [5, 5.41) is 8.74. The van der Waals surface area contributed by atoms with Crippen LogP contribution in [-0.2, 0) is 0 Å². The molecular formula is C13H7BrFNO. The Morgan fingerprint density at radius 2 is 1.88 bits per heavy atom. The van der Waals surface area contributed by atoms with Crippen LogP contribution in [0.5, 0.6) is 11.5 Å². The average Bonchev–Trinajstić information content (AvgIpc) is 2.34. The van der Waals surface area contributed by atoms with Crippen molar-refractivity contribution < 1.29 is 9.13 Å². The molecule has 0 aromatic heterocycles. The largest absolute Gasteiger partial charge is 0.457 e. The maximum Gasteiger partial charge on any atom is 0.141 e. The van der Waals surface area contributed by atoms with Crippen LogP contribution < -0.4 is 4.74 Å². The summed E-state index contributed by atoms with van der Waals surface area (Å²) in [5.74, 6) is 0.505. The second kappa shape index (κ2) is 4.98. The molecule has 2 rings (SSSR count). The molecule has 0 saturated carbocycles. The predicted octanol–water partition coefficient (Wildman–Crippen LogP) is 4.25. The highest BCUT2D eigenvalue weighted by Gasteiger charge is 2.03. The first-order chi connectivity index (χ1) is 8.19. The molecule has 0 fully saturated rings. The van der Waals surface area contributed by atoms with E-state index in [9.17, 15) is 4.39 Å². The van der Waals surface area contributed by atoms with Crippen molar-refractivity contribution in [3.8, 4) is 17.6 Å². The van der Waals surface area contributed by atoms with Gasteiger partial charge in [-0.3, -0.25) is 0 Å².